The first-order chi connectivity index (χ1) is 12.2. The maximum absolute atomic E-state index is 12.0. The number of hydrogen-bond donors (Lipinski definition) is 0. The molecule has 3 rings (SSSR count). The van der Waals surface area contributed by atoms with Gasteiger partial charge in [-0.3, -0.25) is 4.68 Å². The van der Waals surface area contributed by atoms with Gasteiger partial charge in [0.05, 0.1) is 17.8 Å². The molecule has 1 aliphatic rings. The molecule has 0 unspecified atom stereocenters. The van der Waals surface area contributed by atoms with Crippen LogP contribution in [0, 0.1) is 24.2 Å². The standard InChI is InChI=1S/C20H24N4O2/c1-14-5-6-16(8-21)18(7-14)17-9-22-24(13-17)12-15-10-23(11-15)19(25)26-20(2,3)4/h5-7,9,13,15H,10-12H2,1-4H3. The van der Waals surface area contributed by atoms with Gasteiger partial charge in [0.15, 0.2) is 0 Å². The third-order valence-corrected chi connectivity index (χ3v) is 4.29. The number of nitrogens with zero attached hydrogens (tertiary/aromatic N) is 4. The highest BCUT2D eigenvalue weighted by atomic mass is 16.6. The summed E-state index contributed by atoms with van der Waals surface area (Å²) in [4.78, 5) is 13.7. The lowest BCUT2D eigenvalue weighted by Crippen LogP contribution is -2.52. The van der Waals surface area contributed by atoms with Crippen LogP contribution in [0.5, 0.6) is 0 Å². The molecule has 1 fully saturated rings. The normalized spacial score (nSPS) is 14.7. The topological polar surface area (TPSA) is 71.2 Å². The second-order valence-electron chi connectivity index (χ2n) is 7.86. The Balaban J connectivity index is 1.60. The molecule has 1 amide bonds. The van der Waals surface area contributed by atoms with Gasteiger partial charge in [0, 0.05) is 42.9 Å². The number of nitriles is 1. The predicted octanol–water partition coefficient (Wildman–Crippen LogP) is 3.60. The first kappa shape index (κ1) is 18.0. The minimum atomic E-state index is -0.467. The van der Waals surface area contributed by atoms with Gasteiger partial charge in [-0.05, 0) is 39.8 Å². The fraction of sp³-hybridized carbons (Fsp3) is 0.450. The van der Waals surface area contributed by atoms with Crippen molar-refractivity contribution in [1.29, 1.82) is 5.26 Å². The molecule has 6 nitrogen and oxygen atoms in total. The third-order valence-electron chi connectivity index (χ3n) is 4.29. The van der Waals surface area contributed by atoms with E-state index < -0.39 is 5.60 Å². The molecular formula is C20H24N4O2. The van der Waals surface area contributed by atoms with Crippen LogP contribution in [0.1, 0.15) is 31.9 Å². The number of carbonyl (C=O) groups is 1. The Morgan fingerprint density at radius 2 is 2.12 bits per heavy atom. The van der Waals surface area contributed by atoms with Crippen LogP contribution in [0.25, 0.3) is 11.1 Å². The van der Waals surface area contributed by atoms with Gasteiger partial charge in [-0.1, -0.05) is 11.6 Å². The fourth-order valence-corrected chi connectivity index (χ4v) is 3.02. The van der Waals surface area contributed by atoms with Crippen molar-refractivity contribution in [2.75, 3.05) is 13.1 Å². The summed E-state index contributed by atoms with van der Waals surface area (Å²) in [6.07, 6.45) is 3.50. The highest BCUT2D eigenvalue weighted by molar-refractivity contribution is 5.70. The molecular weight excluding hydrogens is 328 g/mol. The number of aryl methyl sites for hydroxylation is 1. The molecule has 6 heteroatoms. The Morgan fingerprint density at radius 3 is 2.77 bits per heavy atom. The van der Waals surface area contributed by atoms with Crippen molar-refractivity contribution in [3.05, 3.63) is 41.7 Å². The summed E-state index contributed by atoms with van der Waals surface area (Å²) >= 11 is 0. The average molecular weight is 352 g/mol. The predicted molar refractivity (Wildman–Crippen MR) is 98.4 cm³/mol. The van der Waals surface area contributed by atoms with Crippen LogP contribution in [0.15, 0.2) is 30.6 Å². The van der Waals surface area contributed by atoms with Gasteiger partial charge >= 0.3 is 6.09 Å². The Morgan fingerprint density at radius 1 is 1.38 bits per heavy atom. The molecule has 0 bridgehead atoms. The van der Waals surface area contributed by atoms with E-state index in [1.807, 2.05) is 56.8 Å². The number of likely N-dealkylation sites (tertiary alicyclic amines) is 1. The number of hydrogen-bond acceptors (Lipinski definition) is 4. The first-order valence-electron chi connectivity index (χ1n) is 8.76. The largest absolute Gasteiger partial charge is 0.444 e. The van der Waals surface area contributed by atoms with Crippen LogP contribution in [0.3, 0.4) is 0 Å². The zero-order valence-corrected chi connectivity index (χ0v) is 15.7. The summed E-state index contributed by atoms with van der Waals surface area (Å²) in [5.74, 6) is 0.364. The molecule has 1 saturated heterocycles. The van der Waals surface area contributed by atoms with E-state index in [-0.39, 0.29) is 6.09 Å². The summed E-state index contributed by atoms with van der Waals surface area (Å²) < 4.78 is 7.26. The molecule has 2 heterocycles. The minimum Gasteiger partial charge on any atom is -0.444 e. The lowest BCUT2D eigenvalue weighted by molar-refractivity contribution is -0.00383. The molecule has 0 atom stereocenters. The van der Waals surface area contributed by atoms with E-state index in [0.717, 1.165) is 23.2 Å². The van der Waals surface area contributed by atoms with Crippen molar-refractivity contribution in [3.8, 4) is 17.2 Å². The van der Waals surface area contributed by atoms with Crippen molar-refractivity contribution in [2.24, 2.45) is 5.92 Å². The van der Waals surface area contributed by atoms with E-state index in [2.05, 4.69) is 11.2 Å². The lowest BCUT2D eigenvalue weighted by Gasteiger charge is -2.39. The van der Waals surface area contributed by atoms with E-state index in [1.165, 1.54) is 0 Å². The van der Waals surface area contributed by atoms with Crippen LogP contribution in [0.4, 0.5) is 4.79 Å². The zero-order valence-electron chi connectivity index (χ0n) is 15.7. The Bertz CT molecular complexity index is 851. The van der Waals surface area contributed by atoms with Crippen LogP contribution < -0.4 is 0 Å². The second kappa shape index (κ2) is 6.83. The molecule has 1 aliphatic heterocycles. The molecule has 1 aromatic heterocycles. The van der Waals surface area contributed by atoms with Crippen LogP contribution >= 0.6 is 0 Å². The molecule has 1 aromatic carbocycles. The maximum atomic E-state index is 12.0. The van der Waals surface area contributed by atoms with Gasteiger partial charge in [-0.15, -0.1) is 0 Å². The van der Waals surface area contributed by atoms with Crippen LogP contribution in [0.2, 0.25) is 0 Å². The number of rotatable bonds is 3. The number of amides is 1. The number of carbonyl (C=O) groups excluding carboxylic acids is 1. The number of benzene rings is 1. The molecule has 0 N–H and O–H groups in total. The van der Waals surface area contributed by atoms with Gasteiger partial charge in [0.2, 0.25) is 0 Å². The molecule has 0 radical (unpaired) electrons. The maximum Gasteiger partial charge on any atom is 0.410 e. The fourth-order valence-electron chi connectivity index (χ4n) is 3.02. The number of aromatic nitrogens is 2. The highest BCUT2D eigenvalue weighted by Gasteiger charge is 2.33. The van der Waals surface area contributed by atoms with Gasteiger partial charge < -0.3 is 9.64 Å². The Labute approximate surface area is 154 Å². The summed E-state index contributed by atoms with van der Waals surface area (Å²) in [5, 5.41) is 13.7. The van der Waals surface area contributed by atoms with E-state index in [4.69, 9.17) is 4.74 Å². The van der Waals surface area contributed by atoms with Gasteiger partial charge in [0.25, 0.3) is 0 Å². The average Bonchev–Trinajstić information content (AvgIpc) is 2.97. The van der Waals surface area contributed by atoms with E-state index >= 15 is 0 Å². The third kappa shape index (κ3) is 4.05. The summed E-state index contributed by atoms with van der Waals surface area (Å²) in [7, 11) is 0. The number of ether oxygens (including phenoxy) is 1. The van der Waals surface area contributed by atoms with Crippen molar-refractivity contribution in [3.63, 3.8) is 0 Å². The van der Waals surface area contributed by atoms with E-state index in [0.29, 0.717) is 24.6 Å². The van der Waals surface area contributed by atoms with Crippen molar-refractivity contribution < 1.29 is 9.53 Å². The molecule has 0 aliphatic carbocycles. The van der Waals surface area contributed by atoms with Gasteiger partial charge in [0.1, 0.15) is 5.60 Å². The zero-order chi connectivity index (χ0) is 18.9. The lowest BCUT2D eigenvalue weighted by atomic mass is 10.0. The van der Waals surface area contributed by atoms with Crippen LogP contribution in [-0.2, 0) is 11.3 Å². The summed E-state index contributed by atoms with van der Waals surface area (Å²) in [6, 6.07) is 8.02. The van der Waals surface area contributed by atoms with Crippen molar-refractivity contribution >= 4 is 6.09 Å². The van der Waals surface area contributed by atoms with E-state index in [1.54, 1.807) is 11.1 Å². The quantitative estimate of drug-likeness (QED) is 0.846. The van der Waals surface area contributed by atoms with E-state index in [9.17, 15) is 10.1 Å². The smallest absolute Gasteiger partial charge is 0.410 e. The van der Waals surface area contributed by atoms with Crippen LogP contribution in [-0.4, -0.2) is 39.5 Å². The molecule has 136 valence electrons. The Hall–Kier alpha value is -2.81. The summed E-state index contributed by atoms with van der Waals surface area (Å²) in [5.41, 5.74) is 3.13. The molecule has 0 spiro atoms. The van der Waals surface area contributed by atoms with Gasteiger partial charge in [-0.2, -0.15) is 10.4 Å². The summed E-state index contributed by atoms with van der Waals surface area (Å²) in [6.45, 7) is 9.72. The molecule has 2 aromatic rings. The minimum absolute atomic E-state index is 0.256. The van der Waals surface area contributed by atoms with Crippen molar-refractivity contribution in [2.45, 2.75) is 39.8 Å². The monoisotopic (exact) mass is 352 g/mol. The van der Waals surface area contributed by atoms with Crippen molar-refractivity contribution in [1.82, 2.24) is 14.7 Å². The Kier molecular flexibility index (Phi) is 4.73. The SMILES string of the molecule is Cc1ccc(C#N)c(-c2cnn(CC3CN(C(=O)OC(C)(C)C)C3)c2)c1. The van der Waals surface area contributed by atoms with Gasteiger partial charge in [-0.25, -0.2) is 4.79 Å². The second-order valence-corrected chi connectivity index (χ2v) is 7.86. The highest BCUT2D eigenvalue weighted by Crippen LogP contribution is 2.26. The molecule has 26 heavy (non-hydrogen) atoms. The molecule has 0 saturated carbocycles. The first-order valence-corrected chi connectivity index (χ1v) is 8.76.